The number of carbonyl (C=O) groups excluding carboxylic acids is 1. The molecule has 0 radical (unpaired) electrons. The molecule has 0 saturated carbocycles. The lowest BCUT2D eigenvalue weighted by Crippen LogP contribution is -2.32. The van der Waals surface area contributed by atoms with Crippen molar-refractivity contribution < 1.29 is 13.2 Å². The lowest BCUT2D eigenvalue weighted by Gasteiger charge is -2.21. The minimum absolute atomic E-state index is 0.211. The van der Waals surface area contributed by atoms with Crippen LogP contribution in [0.25, 0.3) is 0 Å². The van der Waals surface area contributed by atoms with Gasteiger partial charge in [-0.3, -0.25) is 4.79 Å². The van der Waals surface area contributed by atoms with Crippen molar-refractivity contribution in [2.24, 2.45) is 0 Å². The van der Waals surface area contributed by atoms with E-state index >= 15 is 0 Å². The second kappa shape index (κ2) is 6.58. The number of nitrogens with zero attached hydrogens (tertiary/aromatic N) is 1. The predicted molar refractivity (Wildman–Crippen MR) is 82.7 cm³/mol. The summed E-state index contributed by atoms with van der Waals surface area (Å²) in [5, 5.41) is 2.64. The molecule has 6 heteroatoms. The van der Waals surface area contributed by atoms with Crippen molar-refractivity contribution in [2.45, 2.75) is 44.4 Å². The maximum absolute atomic E-state index is 12.8. The van der Waals surface area contributed by atoms with Gasteiger partial charge in [-0.05, 0) is 37.5 Å². The van der Waals surface area contributed by atoms with Crippen LogP contribution in [-0.2, 0) is 14.8 Å². The number of anilines is 1. The molecule has 1 amide bonds. The summed E-state index contributed by atoms with van der Waals surface area (Å²) in [6.07, 6.45) is 3.97. The van der Waals surface area contributed by atoms with Crippen LogP contribution >= 0.6 is 0 Å². The summed E-state index contributed by atoms with van der Waals surface area (Å²) in [7, 11) is -3.49. The van der Waals surface area contributed by atoms with Crippen molar-refractivity contribution in [3.05, 3.63) is 23.8 Å². The number of carbonyl (C=O) groups is 1. The molecule has 0 spiro atoms. The van der Waals surface area contributed by atoms with Crippen molar-refractivity contribution in [1.29, 1.82) is 0 Å². The summed E-state index contributed by atoms with van der Waals surface area (Å²) in [5.74, 6) is -0.211. The average molecular weight is 310 g/mol. The van der Waals surface area contributed by atoms with E-state index in [1.54, 1.807) is 29.4 Å². The Labute approximate surface area is 126 Å². The zero-order valence-electron chi connectivity index (χ0n) is 12.6. The number of sulfonamides is 1. The molecule has 1 fully saturated rings. The molecule has 1 aromatic rings. The Morgan fingerprint density at radius 3 is 2.33 bits per heavy atom. The Hall–Kier alpha value is -1.40. The van der Waals surface area contributed by atoms with Crippen LogP contribution in [0.5, 0.6) is 0 Å². The van der Waals surface area contributed by atoms with Gasteiger partial charge in [-0.15, -0.1) is 0 Å². The molecule has 0 aliphatic carbocycles. The highest BCUT2D eigenvalue weighted by atomic mass is 32.2. The van der Waals surface area contributed by atoms with Gasteiger partial charge in [0.1, 0.15) is 0 Å². The fourth-order valence-electron chi connectivity index (χ4n) is 2.58. The van der Waals surface area contributed by atoms with E-state index in [4.69, 9.17) is 0 Å². The van der Waals surface area contributed by atoms with Crippen LogP contribution in [0.1, 0.15) is 38.2 Å². The average Bonchev–Trinajstić information content (AvgIpc) is 2.69. The molecule has 1 N–H and O–H groups in total. The minimum atomic E-state index is -3.49. The first kappa shape index (κ1) is 16.0. The molecule has 1 aliphatic heterocycles. The van der Waals surface area contributed by atoms with Crippen molar-refractivity contribution in [2.75, 3.05) is 18.4 Å². The van der Waals surface area contributed by atoms with E-state index < -0.39 is 10.0 Å². The third kappa shape index (κ3) is 3.83. The SMILES string of the molecule is CC(=O)Nc1ccc(C)c(S(=O)(=O)N2CCCCCC2)c1. The lowest BCUT2D eigenvalue weighted by atomic mass is 10.2. The maximum Gasteiger partial charge on any atom is 0.243 e. The van der Waals surface area contributed by atoms with Crippen molar-refractivity contribution in [3.63, 3.8) is 0 Å². The molecule has 0 bridgehead atoms. The Morgan fingerprint density at radius 1 is 1.14 bits per heavy atom. The van der Waals surface area contributed by atoms with Gasteiger partial charge in [0.15, 0.2) is 0 Å². The first-order valence-electron chi connectivity index (χ1n) is 7.29. The van der Waals surface area contributed by atoms with Gasteiger partial charge in [0, 0.05) is 25.7 Å². The van der Waals surface area contributed by atoms with Gasteiger partial charge in [0.2, 0.25) is 15.9 Å². The molecular formula is C15H22N2O3S. The monoisotopic (exact) mass is 310 g/mol. The molecule has 1 aliphatic rings. The van der Waals surface area contributed by atoms with Gasteiger partial charge >= 0.3 is 0 Å². The van der Waals surface area contributed by atoms with Gasteiger partial charge < -0.3 is 5.32 Å². The van der Waals surface area contributed by atoms with E-state index in [0.29, 0.717) is 24.3 Å². The summed E-state index contributed by atoms with van der Waals surface area (Å²) in [5.41, 5.74) is 1.22. The summed E-state index contributed by atoms with van der Waals surface area (Å²) in [6, 6.07) is 5.01. The van der Waals surface area contributed by atoms with E-state index in [0.717, 1.165) is 25.7 Å². The Bertz CT molecular complexity index is 618. The van der Waals surface area contributed by atoms with Crippen LogP contribution < -0.4 is 5.32 Å². The van der Waals surface area contributed by atoms with Crippen LogP contribution in [0.3, 0.4) is 0 Å². The second-order valence-electron chi connectivity index (χ2n) is 5.48. The summed E-state index contributed by atoms with van der Waals surface area (Å²) >= 11 is 0. The zero-order valence-corrected chi connectivity index (χ0v) is 13.4. The smallest absolute Gasteiger partial charge is 0.243 e. The molecule has 5 nitrogen and oxygen atoms in total. The number of nitrogens with one attached hydrogen (secondary N) is 1. The first-order valence-corrected chi connectivity index (χ1v) is 8.73. The molecule has 21 heavy (non-hydrogen) atoms. The molecular weight excluding hydrogens is 288 g/mol. The molecule has 2 rings (SSSR count). The van der Waals surface area contributed by atoms with Crippen LogP contribution in [0.15, 0.2) is 23.1 Å². The molecule has 0 atom stereocenters. The molecule has 0 aromatic heterocycles. The van der Waals surface area contributed by atoms with Gasteiger partial charge in [0.05, 0.1) is 4.90 Å². The normalized spacial score (nSPS) is 17.2. The Balaban J connectivity index is 2.35. The minimum Gasteiger partial charge on any atom is -0.326 e. The van der Waals surface area contributed by atoms with E-state index in [-0.39, 0.29) is 10.8 Å². The zero-order chi connectivity index (χ0) is 15.5. The summed E-state index contributed by atoms with van der Waals surface area (Å²) < 4.78 is 27.2. The molecule has 1 saturated heterocycles. The highest BCUT2D eigenvalue weighted by Gasteiger charge is 2.26. The number of hydrogen-bond acceptors (Lipinski definition) is 3. The molecule has 1 aromatic carbocycles. The van der Waals surface area contributed by atoms with E-state index in [1.165, 1.54) is 6.92 Å². The standard InChI is InChI=1S/C15H22N2O3S/c1-12-7-8-14(16-13(2)18)11-15(12)21(19,20)17-9-5-3-4-6-10-17/h7-8,11H,3-6,9-10H2,1-2H3,(H,16,18). The summed E-state index contributed by atoms with van der Waals surface area (Å²) in [6.45, 7) is 4.34. The van der Waals surface area contributed by atoms with Gasteiger partial charge in [-0.1, -0.05) is 18.9 Å². The van der Waals surface area contributed by atoms with Crippen molar-refractivity contribution >= 4 is 21.6 Å². The number of aryl methyl sites for hydroxylation is 1. The molecule has 1 heterocycles. The van der Waals surface area contributed by atoms with Crippen LogP contribution in [0, 0.1) is 6.92 Å². The molecule has 116 valence electrons. The summed E-state index contributed by atoms with van der Waals surface area (Å²) in [4.78, 5) is 11.4. The second-order valence-corrected chi connectivity index (χ2v) is 7.39. The van der Waals surface area contributed by atoms with Crippen molar-refractivity contribution in [3.8, 4) is 0 Å². The quantitative estimate of drug-likeness (QED) is 0.933. The number of hydrogen-bond donors (Lipinski definition) is 1. The van der Waals surface area contributed by atoms with Crippen molar-refractivity contribution in [1.82, 2.24) is 4.31 Å². The molecule has 0 unspecified atom stereocenters. The lowest BCUT2D eigenvalue weighted by molar-refractivity contribution is -0.114. The third-order valence-corrected chi connectivity index (χ3v) is 5.73. The number of benzene rings is 1. The Morgan fingerprint density at radius 2 is 1.76 bits per heavy atom. The highest BCUT2D eigenvalue weighted by molar-refractivity contribution is 7.89. The number of amides is 1. The van der Waals surface area contributed by atoms with Gasteiger partial charge in [0.25, 0.3) is 0 Å². The fourth-order valence-corrected chi connectivity index (χ4v) is 4.35. The van der Waals surface area contributed by atoms with E-state index in [9.17, 15) is 13.2 Å². The van der Waals surface area contributed by atoms with Gasteiger partial charge in [-0.2, -0.15) is 4.31 Å². The van der Waals surface area contributed by atoms with E-state index in [1.807, 2.05) is 0 Å². The Kier molecular flexibility index (Phi) is 5.00. The largest absolute Gasteiger partial charge is 0.326 e. The highest BCUT2D eigenvalue weighted by Crippen LogP contribution is 2.25. The van der Waals surface area contributed by atoms with Crippen LogP contribution in [0.4, 0.5) is 5.69 Å². The van der Waals surface area contributed by atoms with Crippen LogP contribution in [-0.4, -0.2) is 31.7 Å². The first-order chi connectivity index (χ1) is 9.91. The van der Waals surface area contributed by atoms with E-state index in [2.05, 4.69) is 5.32 Å². The van der Waals surface area contributed by atoms with Crippen LogP contribution in [0.2, 0.25) is 0 Å². The topological polar surface area (TPSA) is 66.5 Å². The predicted octanol–water partition coefficient (Wildman–Crippen LogP) is 2.52. The fraction of sp³-hybridized carbons (Fsp3) is 0.533. The third-order valence-electron chi connectivity index (χ3n) is 3.69. The van der Waals surface area contributed by atoms with Gasteiger partial charge in [-0.25, -0.2) is 8.42 Å². The number of rotatable bonds is 3. The maximum atomic E-state index is 12.8.